The summed E-state index contributed by atoms with van der Waals surface area (Å²) < 4.78 is 101. The minimum atomic E-state index is -5.08. The van der Waals surface area contributed by atoms with Crippen molar-refractivity contribution in [3.05, 3.63) is 94.8 Å². The summed E-state index contributed by atoms with van der Waals surface area (Å²) in [6.45, 7) is 1.50. The molecule has 1 aromatic heterocycles. The van der Waals surface area contributed by atoms with Crippen LogP contribution in [0.2, 0.25) is 0 Å². The molecule has 1 fully saturated rings. The predicted molar refractivity (Wildman–Crippen MR) is 196 cm³/mol. The molecule has 2 aromatic carbocycles. The molecule has 1 aliphatic rings. The number of amides is 4. The zero-order valence-corrected chi connectivity index (χ0v) is 32.1. The van der Waals surface area contributed by atoms with E-state index in [9.17, 15) is 45.6 Å². The van der Waals surface area contributed by atoms with Crippen LogP contribution in [0, 0.1) is 12.8 Å². The van der Waals surface area contributed by atoms with Crippen molar-refractivity contribution in [2.45, 2.75) is 74.7 Å². The first-order valence-electron chi connectivity index (χ1n) is 17.6. The number of rotatable bonds is 16. The lowest BCUT2D eigenvalue weighted by Gasteiger charge is -2.31. The molecular weight excluding hydrogens is 782 g/mol. The highest BCUT2D eigenvalue weighted by atomic mass is 32.2. The summed E-state index contributed by atoms with van der Waals surface area (Å²) in [5.41, 5.74) is 7.17. The molecule has 57 heavy (non-hydrogen) atoms. The molecule has 0 spiro atoms. The van der Waals surface area contributed by atoms with E-state index >= 15 is 8.78 Å². The highest BCUT2D eigenvalue weighted by Crippen LogP contribution is 2.33. The molecule has 0 unspecified atom stereocenters. The maximum Gasteiger partial charge on any atom is 0.405 e. The minimum absolute atomic E-state index is 0.0555. The summed E-state index contributed by atoms with van der Waals surface area (Å²) in [7, 11) is -2.77. The Morgan fingerprint density at radius 2 is 1.65 bits per heavy atom. The minimum Gasteiger partial charge on any atom is -0.497 e. The van der Waals surface area contributed by atoms with Crippen molar-refractivity contribution in [1.82, 2.24) is 20.5 Å². The summed E-state index contributed by atoms with van der Waals surface area (Å²) in [5.74, 6) is -15.5. The third-order valence-corrected chi connectivity index (χ3v) is 11.5. The molecule has 0 saturated carbocycles. The van der Waals surface area contributed by atoms with Crippen LogP contribution in [0.1, 0.15) is 58.9 Å². The summed E-state index contributed by atoms with van der Waals surface area (Å²) in [5, 5.41) is 1.67. The van der Waals surface area contributed by atoms with E-state index < -0.39 is 106 Å². The van der Waals surface area contributed by atoms with Gasteiger partial charge < -0.3 is 26.0 Å². The van der Waals surface area contributed by atoms with Gasteiger partial charge in [0.1, 0.15) is 24.0 Å². The monoisotopic (exact) mass is 823 g/mol. The van der Waals surface area contributed by atoms with Crippen molar-refractivity contribution in [3.63, 3.8) is 0 Å². The molecule has 308 valence electrons. The van der Waals surface area contributed by atoms with E-state index in [0.717, 1.165) is 15.8 Å². The Morgan fingerprint density at radius 3 is 2.23 bits per heavy atom. The largest absolute Gasteiger partial charge is 0.497 e. The van der Waals surface area contributed by atoms with Crippen LogP contribution in [0.15, 0.2) is 66.9 Å². The number of hydrogen-bond donors (Lipinski definition) is 3. The van der Waals surface area contributed by atoms with Crippen LogP contribution in [0.25, 0.3) is 0 Å². The van der Waals surface area contributed by atoms with E-state index in [1.165, 1.54) is 63.6 Å². The fourth-order valence-electron chi connectivity index (χ4n) is 6.51. The topological polar surface area (TPSA) is 195 Å². The lowest BCUT2D eigenvalue weighted by molar-refractivity contribution is -0.165. The van der Waals surface area contributed by atoms with Crippen molar-refractivity contribution in [2.24, 2.45) is 11.7 Å². The van der Waals surface area contributed by atoms with Gasteiger partial charge in [0, 0.05) is 12.7 Å². The second-order valence-corrected chi connectivity index (χ2v) is 16.3. The van der Waals surface area contributed by atoms with Crippen molar-refractivity contribution >= 4 is 39.2 Å². The van der Waals surface area contributed by atoms with Gasteiger partial charge >= 0.3 is 12.1 Å². The van der Waals surface area contributed by atoms with Gasteiger partial charge in [-0.15, -0.1) is 0 Å². The number of nitrogens with one attached hydrogen (secondary N) is 2. The van der Waals surface area contributed by atoms with Crippen LogP contribution in [-0.4, -0.2) is 97.3 Å². The average molecular weight is 824 g/mol. The number of likely N-dealkylation sites (tertiary alicyclic amines) is 1. The second kappa shape index (κ2) is 17.8. The Morgan fingerprint density at radius 1 is 0.982 bits per heavy atom. The van der Waals surface area contributed by atoms with Gasteiger partial charge in [0.25, 0.3) is 11.8 Å². The number of alkyl halides is 5. The maximum atomic E-state index is 15.1. The van der Waals surface area contributed by atoms with E-state index in [-0.39, 0.29) is 17.7 Å². The van der Waals surface area contributed by atoms with Gasteiger partial charge in [-0.2, -0.15) is 22.0 Å². The zero-order valence-electron chi connectivity index (χ0n) is 31.3. The number of benzene rings is 2. The number of aryl methyl sites for hydroxylation is 1. The fourth-order valence-corrected chi connectivity index (χ4v) is 8.27. The van der Waals surface area contributed by atoms with Crippen molar-refractivity contribution in [3.8, 4) is 5.75 Å². The zero-order chi connectivity index (χ0) is 42.5. The summed E-state index contributed by atoms with van der Waals surface area (Å²) >= 11 is 0. The molecule has 13 nitrogen and oxygen atoms in total. The molecule has 0 bridgehead atoms. The number of nitrogens with zero attached hydrogens (tertiary/aromatic N) is 2. The number of primary amides is 1. The van der Waals surface area contributed by atoms with E-state index in [2.05, 4.69) is 10.3 Å². The fraction of sp³-hybridized carbons (Fsp3) is 0.421. The van der Waals surface area contributed by atoms with E-state index in [1.807, 2.05) is 0 Å². The lowest BCUT2D eigenvalue weighted by Crippen LogP contribution is -2.59. The first-order valence-corrected chi connectivity index (χ1v) is 19.3. The number of ketones is 1. The molecule has 4 atom stereocenters. The van der Waals surface area contributed by atoms with Gasteiger partial charge in [-0.1, -0.05) is 61.9 Å². The highest BCUT2D eigenvalue weighted by molar-refractivity contribution is 7.91. The van der Waals surface area contributed by atoms with Gasteiger partial charge in [0.15, 0.2) is 9.84 Å². The third kappa shape index (κ3) is 10.9. The smallest absolute Gasteiger partial charge is 0.405 e. The Bertz CT molecular complexity index is 2100. The quantitative estimate of drug-likeness (QED) is 0.143. The average Bonchev–Trinajstić information content (AvgIpc) is 3.61. The molecule has 3 aromatic rings. The number of ether oxygens (including phenoxy) is 1. The number of pyridine rings is 1. The standard InChI is InChI=1S/C38H42F5N5O8S/c1-21(2)30(32(49)38(42,43)36(53)46-20-37(39,40)41)47-34(51)29-17-26(57(54,55)19-23-10-12-25(56-4)13-11-23)18-48(29)35(52)28(16-24-8-5-7-22(3)15-24)27-9-6-14-45-31(27)33(44)50/h5-15,21,26,28-30H,16-20H2,1-4H3,(H2,44,50)(H,46,53)(H,47,51)/t26-,28+,29+,30+/m1/s1. The molecular formula is C38H42F5N5O8S. The number of carbonyl (C=O) groups is 5. The first-order chi connectivity index (χ1) is 26.5. The Hall–Kier alpha value is -5.46. The van der Waals surface area contributed by atoms with Gasteiger partial charge in [0.05, 0.1) is 30.1 Å². The second-order valence-electron chi connectivity index (χ2n) is 14.0. The first kappa shape index (κ1) is 44.3. The van der Waals surface area contributed by atoms with Crippen LogP contribution in [0.3, 0.4) is 0 Å². The molecule has 4 rings (SSSR count). The summed E-state index contributed by atoms with van der Waals surface area (Å²) in [4.78, 5) is 71.6. The highest BCUT2D eigenvalue weighted by Gasteiger charge is 2.53. The van der Waals surface area contributed by atoms with Crippen LogP contribution >= 0.6 is 0 Å². The Labute approximate surface area is 325 Å². The molecule has 4 amide bonds. The number of Topliss-reactive ketones (excluding diaryl/α,β-unsaturated/α-hetero) is 1. The van der Waals surface area contributed by atoms with Gasteiger partial charge in [-0.25, -0.2) is 8.42 Å². The van der Waals surface area contributed by atoms with Crippen LogP contribution in [0.4, 0.5) is 22.0 Å². The Balaban J connectivity index is 1.76. The predicted octanol–water partition coefficient (Wildman–Crippen LogP) is 3.43. The molecule has 1 saturated heterocycles. The van der Waals surface area contributed by atoms with Crippen LogP contribution in [0.5, 0.6) is 5.75 Å². The molecule has 0 radical (unpaired) electrons. The number of hydrogen-bond acceptors (Lipinski definition) is 9. The maximum absolute atomic E-state index is 15.1. The molecule has 4 N–H and O–H groups in total. The number of nitrogens with two attached hydrogens (primary N) is 1. The number of carbonyl (C=O) groups excluding carboxylic acids is 5. The van der Waals surface area contributed by atoms with E-state index in [0.29, 0.717) is 16.9 Å². The van der Waals surface area contributed by atoms with Crippen molar-refractivity contribution in [2.75, 3.05) is 20.2 Å². The summed E-state index contributed by atoms with van der Waals surface area (Å²) in [6.07, 6.45) is -4.46. The number of methoxy groups -OCH3 is 1. The van der Waals surface area contributed by atoms with E-state index in [1.54, 1.807) is 31.2 Å². The Kier molecular flexibility index (Phi) is 13.8. The SMILES string of the molecule is COc1ccc(CS(=O)(=O)[C@@H]2C[C@@H](C(=O)N[C@H](C(=O)C(F)(F)C(=O)NCC(F)(F)F)C(C)C)N(C(=O)[C@@H](Cc3cccc(C)c3)c3cccnc3C(N)=O)C2)cc1. The van der Waals surface area contributed by atoms with E-state index in [4.69, 9.17) is 10.5 Å². The lowest BCUT2D eigenvalue weighted by atomic mass is 9.88. The van der Waals surface area contributed by atoms with Gasteiger partial charge in [-0.3, -0.25) is 29.0 Å². The summed E-state index contributed by atoms with van der Waals surface area (Å²) in [6, 6.07) is 12.0. The molecule has 0 aliphatic carbocycles. The van der Waals surface area contributed by atoms with Crippen LogP contribution in [-0.2, 0) is 41.2 Å². The van der Waals surface area contributed by atoms with Gasteiger partial charge in [0.2, 0.25) is 17.6 Å². The molecule has 19 heteroatoms. The third-order valence-electron chi connectivity index (χ3n) is 9.44. The van der Waals surface area contributed by atoms with Crippen molar-refractivity contribution < 1.29 is 59.1 Å². The normalized spacial score (nSPS) is 17.1. The van der Waals surface area contributed by atoms with Gasteiger partial charge in [-0.05, 0) is 60.6 Å². The van der Waals surface area contributed by atoms with Crippen molar-refractivity contribution in [1.29, 1.82) is 0 Å². The number of halogens is 5. The van der Waals surface area contributed by atoms with Crippen LogP contribution < -0.4 is 21.1 Å². The molecule has 1 aliphatic heterocycles. The number of sulfone groups is 1. The number of aromatic nitrogens is 1. The molecule has 2 heterocycles.